The van der Waals surface area contributed by atoms with Crippen LogP contribution < -0.4 is 4.90 Å². The second-order valence-electron chi connectivity index (χ2n) is 9.64. The monoisotopic (exact) mass is 509 g/mol. The Balaban J connectivity index is 1.41. The number of aromatic amines is 2. The predicted molar refractivity (Wildman–Crippen MR) is 148 cm³/mol. The number of aliphatic imine (C=N–C) groups is 1. The summed E-state index contributed by atoms with van der Waals surface area (Å²) in [6.07, 6.45) is 9.56. The Morgan fingerprint density at radius 3 is 2.89 bits per heavy atom. The molecule has 5 heterocycles. The van der Waals surface area contributed by atoms with Crippen molar-refractivity contribution in [2.45, 2.75) is 26.3 Å². The summed E-state index contributed by atoms with van der Waals surface area (Å²) in [5.74, 6) is 0.0619. The third-order valence-corrected chi connectivity index (χ3v) is 6.98. The van der Waals surface area contributed by atoms with Gasteiger partial charge >= 0.3 is 0 Å². The van der Waals surface area contributed by atoms with Crippen LogP contribution in [0.1, 0.15) is 25.3 Å². The minimum Gasteiger partial charge on any atom is -0.347 e. The first-order valence-corrected chi connectivity index (χ1v) is 12.6. The molecule has 1 aliphatic heterocycles. The van der Waals surface area contributed by atoms with Gasteiger partial charge in [-0.3, -0.25) is 20.0 Å². The van der Waals surface area contributed by atoms with Crippen LogP contribution in [0.3, 0.4) is 0 Å². The van der Waals surface area contributed by atoms with E-state index < -0.39 is 0 Å². The van der Waals surface area contributed by atoms with E-state index in [1.165, 1.54) is 12.8 Å². The van der Waals surface area contributed by atoms with Crippen molar-refractivity contribution in [1.82, 2.24) is 35.0 Å². The molecule has 192 valence electrons. The van der Waals surface area contributed by atoms with Crippen molar-refractivity contribution < 1.29 is 4.39 Å². The fourth-order valence-corrected chi connectivity index (χ4v) is 5.08. The average Bonchev–Trinajstić information content (AvgIpc) is 3.68. The number of aromatic nitrogens is 6. The fourth-order valence-electron chi connectivity index (χ4n) is 5.08. The molecule has 1 saturated heterocycles. The number of anilines is 1. The molecule has 1 aliphatic rings. The van der Waals surface area contributed by atoms with Gasteiger partial charge in [-0.05, 0) is 69.4 Å². The Kier molecular flexibility index (Phi) is 6.16. The van der Waals surface area contributed by atoms with Gasteiger partial charge in [0, 0.05) is 49.5 Å². The molecule has 1 aromatic carbocycles. The Bertz CT molecular complexity index is 1680. The number of H-pyrrole nitrogens is 2. The second kappa shape index (κ2) is 9.79. The Morgan fingerprint density at radius 1 is 1.24 bits per heavy atom. The number of hydrogen-bond donors (Lipinski definition) is 2. The lowest BCUT2D eigenvalue weighted by atomic mass is 10.0. The van der Waals surface area contributed by atoms with Crippen LogP contribution in [0.5, 0.6) is 0 Å². The van der Waals surface area contributed by atoms with E-state index in [0.717, 1.165) is 42.1 Å². The molecule has 6 rings (SSSR count). The molecule has 0 amide bonds. The summed E-state index contributed by atoms with van der Waals surface area (Å²) in [4.78, 5) is 25.0. The van der Waals surface area contributed by atoms with Crippen LogP contribution in [0.2, 0.25) is 0 Å². The highest BCUT2D eigenvalue weighted by Gasteiger charge is 2.21. The van der Waals surface area contributed by atoms with Gasteiger partial charge in [0.2, 0.25) is 0 Å². The lowest BCUT2D eigenvalue weighted by Gasteiger charge is -2.15. The summed E-state index contributed by atoms with van der Waals surface area (Å²) in [5.41, 5.74) is 6.10. The van der Waals surface area contributed by atoms with Gasteiger partial charge in [0.05, 0.1) is 22.3 Å². The minimum absolute atomic E-state index is 0.368. The maximum Gasteiger partial charge on any atom is 0.180 e. The van der Waals surface area contributed by atoms with Crippen molar-refractivity contribution in [3.05, 3.63) is 66.1 Å². The molecule has 4 aromatic heterocycles. The van der Waals surface area contributed by atoms with Crippen LogP contribution in [-0.4, -0.2) is 61.9 Å². The van der Waals surface area contributed by atoms with Crippen LogP contribution in [0.15, 0.2) is 59.7 Å². The fraction of sp³-hybridized carbons (Fsp3) is 0.250. The zero-order chi connectivity index (χ0) is 26.2. The molecular weight excluding hydrogens is 481 g/mol. The second-order valence-corrected chi connectivity index (χ2v) is 9.64. The third-order valence-electron chi connectivity index (χ3n) is 6.98. The van der Waals surface area contributed by atoms with E-state index >= 15 is 4.39 Å². The molecule has 10 heteroatoms. The highest BCUT2D eigenvalue weighted by atomic mass is 19.1. The normalized spacial score (nSPS) is 14.6. The van der Waals surface area contributed by atoms with E-state index in [4.69, 9.17) is 0 Å². The molecule has 0 bridgehead atoms. The molecular formula is C28H28FN9. The van der Waals surface area contributed by atoms with Gasteiger partial charge in [-0.2, -0.15) is 5.10 Å². The van der Waals surface area contributed by atoms with Crippen molar-refractivity contribution in [3.63, 3.8) is 0 Å². The molecule has 2 N–H and O–H groups in total. The summed E-state index contributed by atoms with van der Waals surface area (Å²) >= 11 is 0. The number of fused-ring (bicyclic) bond motifs is 2. The van der Waals surface area contributed by atoms with Crippen molar-refractivity contribution >= 4 is 34.5 Å². The van der Waals surface area contributed by atoms with Gasteiger partial charge in [-0.15, -0.1) is 0 Å². The van der Waals surface area contributed by atoms with Gasteiger partial charge in [0.25, 0.3) is 0 Å². The van der Waals surface area contributed by atoms with Crippen molar-refractivity contribution in [2.24, 2.45) is 4.99 Å². The molecule has 38 heavy (non-hydrogen) atoms. The molecule has 0 aliphatic carbocycles. The molecule has 0 unspecified atom stereocenters. The molecule has 0 spiro atoms. The van der Waals surface area contributed by atoms with E-state index in [0.29, 0.717) is 39.1 Å². The summed E-state index contributed by atoms with van der Waals surface area (Å²) in [6.45, 7) is 8.44. The first-order chi connectivity index (χ1) is 18.5. The van der Waals surface area contributed by atoms with Gasteiger partial charge in [0.15, 0.2) is 11.5 Å². The summed E-state index contributed by atoms with van der Waals surface area (Å²) in [7, 11) is 1.91. The number of nitrogens with one attached hydrogen (secondary N) is 2. The van der Waals surface area contributed by atoms with Crippen LogP contribution >= 0.6 is 0 Å². The number of likely N-dealkylation sites (tertiary alicyclic amines) is 1. The van der Waals surface area contributed by atoms with E-state index in [2.05, 4.69) is 46.7 Å². The van der Waals surface area contributed by atoms with E-state index in [1.54, 1.807) is 18.5 Å². The highest BCUT2D eigenvalue weighted by Crippen LogP contribution is 2.35. The zero-order valence-electron chi connectivity index (χ0n) is 21.4. The quantitative estimate of drug-likeness (QED) is 0.289. The van der Waals surface area contributed by atoms with E-state index in [-0.39, 0.29) is 5.82 Å². The summed E-state index contributed by atoms with van der Waals surface area (Å²) in [5, 5.41) is 7.74. The largest absolute Gasteiger partial charge is 0.347 e. The van der Waals surface area contributed by atoms with Crippen molar-refractivity contribution in [3.8, 4) is 22.6 Å². The predicted octanol–water partition coefficient (Wildman–Crippen LogP) is 5.30. The SMILES string of the molecule is C=N/C(C)=C\N(C)c1ccnc2nc(-c3n[nH]c4ccc(-c5cncc(CN6CCCC6)c5)c(F)c34)[nH]c12. The molecule has 5 aromatic rings. The molecule has 0 radical (unpaired) electrons. The third kappa shape index (κ3) is 4.32. The number of rotatable bonds is 7. The van der Waals surface area contributed by atoms with E-state index in [9.17, 15) is 0 Å². The van der Waals surface area contributed by atoms with Gasteiger partial charge in [-0.1, -0.05) is 0 Å². The molecule has 9 nitrogen and oxygen atoms in total. The van der Waals surface area contributed by atoms with Crippen LogP contribution in [0.4, 0.5) is 10.1 Å². The van der Waals surface area contributed by atoms with E-state index in [1.807, 2.05) is 49.5 Å². The first kappa shape index (κ1) is 23.9. The van der Waals surface area contributed by atoms with Gasteiger partial charge in [-0.25, -0.2) is 14.4 Å². The number of allylic oxidation sites excluding steroid dienone is 1. The zero-order valence-corrected chi connectivity index (χ0v) is 21.4. The standard InChI is InChI=1S/C28H28FN9/c1-17(30-2)15-37(3)22-8-9-32-27-25(22)33-28(34-27)26-23-21(35-36-26)7-6-20(24(23)29)19-12-18(13-31-14-19)16-38-10-4-5-11-38/h6-9,12-15H,2,4-5,10-11,16H2,1,3H3,(H,35,36)(H,32,33,34)/b17-15-. The number of hydrogen-bond acceptors (Lipinski definition) is 7. The molecule has 1 fully saturated rings. The van der Waals surface area contributed by atoms with Crippen LogP contribution in [-0.2, 0) is 6.54 Å². The van der Waals surface area contributed by atoms with Crippen LogP contribution in [0.25, 0.3) is 44.7 Å². The summed E-state index contributed by atoms with van der Waals surface area (Å²) < 4.78 is 16.1. The lowest BCUT2D eigenvalue weighted by molar-refractivity contribution is 0.331. The van der Waals surface area contributed by atoms with Crippen LogP contribution in [0, 0.1) is 5.82 Å². The van der Waals surface area contributed by atoms with Crippen molar-refractivity contribution in [1.29, 1.82) is 0 Å². The smallest absolute Gasteiger partial charge is 0.180 e. The maximum absolute atomic E-state index is 16.1. The Morgan fingerprint density at radius 2 is 2.08 bits per heavy atom. The number of pyridine rings is 2. The summed E-state index contributed by atoms with van der Waals surface area (Å²) in [6, 6.07) is 7.51. The topological polar surface area (TPSA) is 102 Å². The maximum atomic E-state index is 16.1. The Hall–Kier alpha value is -4.44. The first-order valence-electron chi connectivity index (χ1n) is 12.6. The van der Waals surface area contributed by atoms with Crippen molar-refractivity contribution in [2.75, 3.05) is 25.0 Å². The minimum atomic E-state index is -0.368. The van der Waals surface area contributed by atoms with Gasteiger partial charge < -0.3 is 9.88 Å². The molecule has 0 saturated carbocycles. The lowest BCUT2D eigenvalue weighted by Crippen LogP contribution is -2.18. The number of nitrogens with zero attached hydrogens (tertiary/aromatic N) is 7. The molecule has 0 atom stereocenters. The number of benzene rings is 1. The average molecular weight is 510 g/mol. The highest BCUT2D eigenvalue weighted by molar-refractivity contribution is 5.97. The number of halogens is 1. The van der Waals surface area contributed by atoms with Gasteiger partial charge in [0.1, 0.15) is 17.0 Å². The Labute approximate surface area is 219 Å². The number of imidazole rings is 1.